The lowest BCUT2D eigenvalue weighted by Crippen LogP contribution is -2.51. The summed E-state index contributed by atoms with van der Waals surface area (Å²) in [6.45, 7) is 7.15. The Morgan fingerprint density at radius 2 is 1.71 bits per heavy atom. The molecule has 1 aliphatic heterocycles. The average Bonchev–Trinajstić information content (AvgIpc) is 3.19. The molecule has 1 atom stereocenters. The van der Waals surface area contributed by atoms with Crippen LogP contribution in [0.15, 0.2) is 36.5 Å². The third-order valence-corrected chi connectivity index (χ3v) is 5.43. The zero-order valence-electron chi connectivity index (χ0n) is 20.5. The van der Waals surface area contributed by atoms with Gasteiger partial charge in [0, 0.05) is 45.8 Å². The van der Waals surface area contributed by atoms with Crippen molar-refractivity contribution in [2.75, 3.05) is 31.1 Å². The molecule has 1 aromatic heterocycles. The number of carbonyl (C=O) groups excluding carboxylic acids is 4. The van der Waals surface area contributed by atoms with Crippen molar-refractivity contribution in [2.45, 2.75) is 38.8 Å². The molecule has 2 heterocycles. The molecule has 0 spiro atoms. The van der Waals surface area contributed by atoms with Gasteiger partial charge < -0.3 is 25.6 Å². The minimum absolute atomic E-state index is 0.124. The van der Waals surface area contributed by atoms with E-state index in [9.17, 15) is 19.2 Å². The van der Waals surface area contributed by atoms with Crippen molar-refractivity contribution in [1.29, 1.82) is 0 Å². The van der Waals surface area contributed by atoms with Gasteiger partial charge in [-0.2, -0.15) is 5.10 Å². The number of rotatable bonds is 7. The first-order valence-electron chi connectivity index (χ1n) is 11.4. The number of nitrogens with one attached hydrogen (secondary N) is 1. The van der Waals surface area contributed by atoms with Crippen LogP contribution in [0.4, 0.5) is 10.6 Å². The summed E-state index contributed by atoms with van der Waals surface area (Å²) in [5, 5.41) is 7.08. The normalized spacial score (nSPS) is 14.9. The number of amides is 3. The van der Waals surface area contributed by atoms with E-state index < -0.39 is 29.2 Å². The molecule has 3 rings (SSSR count). The van der Waals surface area contributed by atoms with Gasteiger partial charge in [-0.25, -0.2) is 4.79 Å². The predicted octanol–water partition coefficient (Wildman–Crippen LogP) is 0.873. The molecule has 3 N–H and O–H groups in total. The molecule has 188 valence electrons. The van der Waals surface area contributed by atoms with E-state index in [0.29, 0.717) is 32.0 Å². The minimum atomic E-state index is -1.11. The number of aromatic nitrogens is 2. The van der Waals surface area contributed by atoms with E-state index in [1.54, 1.807) is 42.4 Å². The number of anilines is 1. The number of benzene rings is 1. The zero-order chi connectivity index (χ0) is 25.8. The largest absolute Gasteiger partial charge is 0.444 e. The quantitative estimate of drug-likeness (QED) is 0.556. The fraction of sp³-hybridized carbons (Fsp3) is 0.458. The SMILES string of the molecule is Cn1cc(C(=O)NC(Cc2ccccc2)C(=O)C(N)=O)c(N2CCN(C(=O)OC(C)(C)C)CC2)n1. The molecular formula is C24H32N6O5. The van der Waals surface area contributed by atoms with Crippen molar-refractivity contribution in [3.63, 3.8) is 0 Å². The van der Waals surface area contributed by atoms with Crippen LogP contribution in [0.2, 0.25) is 0 Å². The van der Waals surface area contributed by atoms with E-state index >= 15 is 0 Å². The molecule has 0 bridgehead atoms. The molecule has 3 amide bonds. The zero-order valence-corrected chi connectivity index (χ0v) is 20.5. The van der Waals surface area contributed by atoms with Gasteiger partial charge in [-0.05, 0) is 26.3 Å². The number of ketones is 1. The number of nitrogens with two attached hydrogens (primary N) is 1. The molecule has 1 saturated heterocycles. The molecule has 1 fully saturated rings. The number of aryl methyl sites for hydroxylation is 1. The Morgan fingerprint density at radius 3 is 2.29 bits per heavy atom. The fourth-order valence-electron chi connectivity index (χ4n) is 3.76. The van der Waals surface area contributed by atoms with Gasteiger partial charge in [-0.3, -0.25) is 19.1 Å². The first-order valence-corrected chi connectivity index (χ1v) is 11.4. The molecular weight excluding hydrogens is 452 g/mol. The highest BCUT2D eigenvalue weighted by atomic mass is 16.6. The third-order valence-electron chi connectivity index (χ3n) is 5.43. The van der Waals surface area contributed by atoms with Gasteiger partial charge >= 0.3 is 6.09 Å². The Hall–Kier alpha value is -3.89. The van der Waals surface area contributed by atoms with Crippen LogP contribution in [0.25, 0.3) is 0 Å². The predicted molar refractivity (Wildman–Crippen MR) is 129 cm³/mol. The van der Waals surface area contributed by atoms with E-state index in [0.717, 1.165) is 5.56 Å². The lowest BCUT2D eigenvalue weighted by molar-refractivity contribution is -0.137. The van der Waals surface area contributed by atoms with Gasteiger partial charge in [0.2, 0.25) is 5.78 Å². The van der Waals surface area contributed by atoms with Crippen LogP contribution in [0.5, 0.6) is 0 Å². The van der Waals surface area contributed by atoms with Crippen molar-refractivity contribution in [1.82, 2.24) is 20.0 Å². The number of nitrogens with zero attached hydrogens (tertiary/aromatic N) is 4. The Balaban J connectivity index is 1.73. The van der Waals surface area contributed by atoms with Crippen molar-refractivity contribution < 1.29 is 23.9 Å². The van der Waals surface area contributed by atoms with Crippen molar-refractivity contribution >= 4 is 29.5 Å². The molecule has 11 heteroatoms. The molecule has 0 radical (unpaired) electrons. The highest BCUT2D eigenvalue weighted by Gasteiger charge is 2.31. The molecule has 1 unspecified atom stereocenters. The van der Waals surface area contributed by atoms with Crippen LogP contribution in [0.1, 0.15) is 36.7 Å². The standard InChI is InChI=1S/C24H32N6O5/c1-24(2,3)35-23(34)30-12-10-29(11-13-30)21-17(15-28(4)27-21)22(33)26-18(19(31)20(25)32)14-16-8-6-5-7-9-16/h5-9,15,18H,10-14H2,1-4H3,(H2,25,32)(H,26,33). The molecule has 11 nitrogen and oxygen atoms in total. The highest BCUT2D eigenvalue weighted by Crippen LogP contribution is 2.21. The maximum atomic E-state index is 13.2. The Bertz CT molecular complexity index is 1080. The monoisotopic (exact) mass is 484 g/mol. The molecule has 1 aliphatic rings. The van der Waals surface area contributed by atoms with E-state index in [1.165, 1.54) is 4.68 Å². The van der Waals surface area contributed by atoms with Crippen LogP contribution in [0.3, 0.4) is 0 Å². The summed E-state index contributed by atoms with van der Waals surface area (Å²) in [6, 6.07) is 7.93. The molecule has 0 aliphatic carbocycles. The van der Waals surface area contributed by atoms with Crippen molar-refractivity contribution in [3.05, 3.63) is 47.7 Å². The maximum Gasteiger partial charge on any atom is 0.410 e. The van der Waals surface area contributed by atoms with E-state index in [-0.39, 0.29) is 18.1 Å². The van der Waals surface area contributed by atoms with Gasteiger partial charge in [-0.15, -0.1) is 0 Å². The Kier molecular flexibility index (Phi) is 7.78. The van der Waals surface area contributed by atoms with Crippen LogP contribution in [-0.2, 0) is 27.8 Å². The number of piperazine rings is 1. The summed E-state index contributed by atoms with van der Waals surface area (Å²) in [4.78, 5) is 53.1. The number of hydrogen-bond acceptors (Lipinski definition) is 7. The second-order valence-electron chi connectivity index (χ2n) is 9.44. The van der Waals surface area contributed by atoms with Crippen LogP contribution < -0.4 is 16.0 Å². The van der Waals surface area contributed by atoms with E-state index in [1.807, 2.05) is 31.7 Å². The Morgan fingerprint density at radius 1 is 1.09 bits per heavy atom. The maximum absolute atomic E-state index is 13.2. The molecule has 35 heavy (non-hydrogen) atoms. The van der Waals surface area contributed by atoms with Crippen molar-refractivity contribution in [3.8, 4) is 0 Å². The lowest BCUT2D eigenvalue weighted by Gasteiger charge is -2.36. The smallest absolute Gasteiger partial charge is 0.410 e. The molecule has 0 saturated carbocycles. The number of hydrogen-bond donors (Lipinski definition) is 2. The van der Waals surface area contributed by atoms with Crippen LogP contribution in [-0.4, -0.2) is 76.2 Å². The van der Waals surface area contributed by atoms with Gasteiger partial charge in [-0.1, -0.05) is 30.3 Å². The number of Topliss-reactive ketones (excluding diaryl/α,β-unsaturated/α-hetero) is 1. The molecule has 1 aromatic carbocycles. The van der Waals surface area contributed by atoms with Crippen LogP contribution >= 0.6 is 0 Å². The minimum Gasteiger partial charge on any atom is -0.444 e. The van der Waals surface area contributed by atoms with Gasteiger partial charge in [0.15, 0.2) is 5.82 Å². The number of primary amides is 1. The summed E-state index contributed by atoms with van der Waals surface area (Å²) in [5.74, 6) is -2.11. The second-order valence-corrected chi connectivity index (χ2v) is 9.44. The first kappa shape index (κ1) is 25.7. The fourth-order valence-corrected chi connectivity index (χ4v) is 3.76. The second kappa shape index (κ2) is 10.6. The summed E-state index contributed by atoms with van der Waals surface area (Å²) < 4.78 is 6.94. The van der Waals surface area contributed by atoms with Crippen LogP contribution in [0, 0.1) is 0 Å². The van der Waals surface area contributed by atoms with E-state index in [2.05, 4.69) is 10.4 Å². The summed E-state index contributed by atoms with van der Waals surface area (Å²) >= 11 is 0. The Labute approximate surface area is 204 Å². The van der Waals surface area contributed by atoms with Gasteiger partial charge in [0.25, 0.3) is 11.8 Å². The first-order chi connectivity index (χ1) is 16.4. The van der Waals surface area contributed by atoms with Crippen molar-refractivity contribution in [2.24, 2.45) is 12.8 Å². The van der Waals surface area contributed by atoms with Gasteiger partial charge in [0.1, 0.15) is 17.2 Å². The topological polar surface area (TPSA) is 140 Å². The average molecular weight is 485 g/mol. The molecule has 2 aromatic rings. The van der Waals surface area contributed by atoms with Gasteiger partial charge in [0.05, 0.1) is 0 Å². The summed E-state index contributed by atoms with van der Waals surface area (Å²) in [6.07, 6.45) is 1.29. The number of ether oxygens (including phenoxy) is 1. The van der Waals surface area contributed by atoms with E-state index in [4.69, 9.17) is 10.5 Å². The summed E-state index contributed by atoms with van der Waals surface area (Å²) in [5.41, 5.74) is 5.67. The third kappa shape index (κ3) is 6.81. The highest BCUT2D eigenvalue weighted by molar-refractivity contribution is 6.38. The number of carbonyl (C=O) groups is 4. The summed E-state index contributed by atoms with van der Waals surface area (Å²) in [7, 11) is 1.69. The lowest BCUT2D eigenvalue weighted by atomic mass is 10.0.